The fourth-order valence-electron chi connectivity index (χ4n) is 6.03. The summed E-state index contributed by atoms with van der Waals surface area (Å²) in [5.74, 6) is 0.827. The third kappa shape index (κ3) is 5.92. The molecule has 6 nitrogen and oxygen atoms in total. The minimum Gasteiger partial charge on any atom is -0.406 e. The fraction of sp³-hybridized carbons (Fsp3) is 0.517. The fourth-order valence-corrected chi connectivity index (χ4v) is 6.03. The number of ether oxygens (including phenoxy) is 1. The van der Waals surface area contributed by atoms with Crippen LogP contribution in [0.25, 0.3) is 11.0 Å². The van der Waals surface area contributed by atoms with Crippen LogP contribution in [0.15, 0.2) is 36.4 Å². The highest BCUT2D eigenvalue weighted by atomic mass is 19.4. The molecule has 1 N–H and O–H groups in total. The molecule has 2 aromatic carbocycles. The van der Waals surface area contributed by atoms with Crippen molar-refractivity contribution in [3.63, 3.8) is 0 Å². The number of anilines is 2. The smallest absolute Gasteiger partial charge is 0.406 e. The Morgan fingerprint density at radius 2 is 1.79 bits per heavy atom. The summed E-state index contributed by atoms with van der Waals surface area (Å²) in [7, 11) is 0. The molecule has 0 unspecified atom stereocenters. The average Bonchev–Trinajstić information content (AvgIpc) is 3.18. The van der Waals surface area contributed by atoms with Crippen molar-refractivity contribution in [1.82, 2.24) is 14.5 Å². The molecule has 0 aliphatic heterocycles. The molecule has 0 bridgehead atoms. The Bertz CT molecular complexity index is 1290. The van der Waals surface area contributed by atoms with Crippen molar-refractivity contribution < 1.29 is 22.7 Å². The van der Waals surface area contributed by atoms with E-state index in [0.717, 1.165) is 35.9 Å². The molecule has 1 aliphatic rings. The third-order valence-corrected chi connectivity index (χ3v) is 7.47. The van der Waals surface area contributed by atoms with Crippen LogP contribution in [0, 0.1) is 18.3 Å². The molecule has 3 aromatic rings. The lowest BCUT2D eigenvalue weighted by Gasteiger charge is -2.40. The molecule has 4 rings (SSSR count). The molecule has 1 amide bonds. The maximum absolute atomic E-state index is 13.2. The second-order valence-corrected chi connectivity index (χ2v) is 11.2. The van der Waals surface area contributed by atoms with Crippen LogP contribution in [0.3, 0.4) is 0 Å². The number of benzene rings is 2. The maximum Gasteiger partial charge on any atom is 0.573 e. The minimum absolute atomic E-state index is 0.0221. The van der Waals surface area contributed by atoms with E-state index in [1.807, 2.05) is 32.9 Å². The van der Waals surface area contributed by atoms with Crippen molar-refractivity contribution in [1.29, 1.82) is 0 Å². The quantitative estimate of drug-likeness (QED) is 0.338. The van der Waals surface area contributed by atoms with E-state index in [2.05, 4.69) is 35.4 Å². The maximum atomic E-state index is 13.2. The van der Waals surface area contributed by atoms with Crippen LogP contribution in [-0.4, -0.2) is 39.8 Å². The van der Waals surface area contributed by atoms with Gasteiger partial charge in [0.05, 0.1) is 11.0 Å². The van der Waals surface area contributed by atoms with Gasteiger partial charge in [-0.3, -0.25) is 4.79 Å². The van der Waals surface area contributed by atoms with Crippen molar-refractivity contribution in [3.8, 4) is 5.75 Å². The van der Waals surface area contributed by atoms with Crippen LogP contribution in [0.4, 0.5) is 24.8 Å². The number of rotatable bonds is 7. The minimum atomic E-state index is -4.74. The predicted molar refractivity (Wildman–Crippen MR) is 144 cm³/mol. The summed E-state index contributed by atoms with van der Waals surface area (Å²) in [6, 6.07) is 9.69. The Labute approximate surface area is 222 Å². The Balaban J connectivity index is 1.79. The van der Waals surface area contributed by atoms with Crippen LogP contribution < -0.4 is 10.1 Å². The van der Waals surface area contributed by atoms with Crippen molar-refractivity contribution in [2.45, 2.75) is 73.2 Å². The summed E-state index contributed by atoms with van der Waals surface area (Å²) < 4.78 is 44.0. The molecule has 1 saturated carbocycles. The van der Waals surface area contributed by atoms with E-state index in [-0.39, 0.29) is 23.1 Å². The van der Waals surface area contributed by atoms with Gasteiger partial charge in [0.2, 0.25) is 5.95 Å². The largest absolute Gasteiger partial charge is 0.573 e. The summed E-state index contributed by atoms with van der Waals surface area (Å²) in [6.07, 6.45) is -1.65. The monoisotopic (exact) mass is 530 g/mol. The molecule has 38 heavy (non-hydrogen) atoms. The highest BCUT2D eigenvalue weighted by Crippen LogP contribution is 2.46. The molecule has 2 atom stereocenters. The van der Waals surface area contributed by atoms with Crippen molar-refractivity contribution in [2.24, 2.45) is 11.3 Å². The van der Waals surface area contributed by atoms with Gasteiger partial charge in [0.1, 0.15) is 5.75 Å². The van der Waals surface area contributed by atoms with Crippen LogP contribution in [0.2, 0.25) is 0 Å². The first-order valence-electron chi connectivity index (χ1n) is 13.3. The van der Waals surface area contributed by atoms with E-state index < -0.39 is 6.36 Å². The summed E-state index contributed by atoms with van der Waals surface area (Å²) in [4.78, 5) is 20.0. The lowest BCUT2D eigenvalue weighted by Crippen LogP contribution is -2.31. The number of nitrogens with zero attached hydrogens (tertiary/aromatic N) is 3. The first kappa shape index (κ1) is 27.8. The van der Waals surface area contributed by atoms with Gasteiger partial charge in [0.15, 0.2) is 0 Å². The summed E-state index contributed by atoms with van der Waals surface area (Å²) >= 11 is 0. The number of amides is 1. The molecule has 1 fully saturated rings. The number of aryl methyl sites for hydroxylation is 1. The number of carbonyl (C=O) groups excluding carboxylic acids is 1. The lowest BCUT2D eigenvalue weighted by atomic mass is 9.70. The normalized spacial score (nSPS) is 19.4. The first-order valence-corrected chi connectivity index (χ1v) is 13.3. The van der Waals surface area contributed by atoms with Gasteiger partial charge >= 0.3 is 6.36 Å². The number of hydrogen-bond acceptors (Lipinski definition) is 4. The number of aromatic nitrogens is 2. The Kier molecular flexibility index (Phi) is 7.68. The zero-order chi connectivity index (χ0) is 27.8. The van der Waals surface area contributed by atoms with E-state index in [1.54, 1.807) is 17.0 Å². The highest BCUT2D eigenvalue weighted by Gasteiger charge is 2.35. The third-order valence-electron chi connectivity index (χ3n) is 7.47. The summed E-state index contributed by atoms with van der Waals surface area (Å²) in [6.45, 7) is 13.9. The molecule has 1 aromatic heterocycles. The molecule has 0 radical (unpaired) electrons. The Morgan fingerprint density at radius 1 is 1.13 bits per heavy atom. The van der Waals surface area contributed by atoms with Crippen molar-refractivity contribution in [2.75, 3.05) is 18.4 Å². The molecule has 0 spiro atoms. The molecule has 1 aliphatic carbocycles. The summed E-state index contributed by atoms with van der Waals surface area (Å²) in [5.41, 5.74) is 3.88. The van der Waals surface area contributed by atoms with Crippen molar-refractivity contribution in [3.05, 3.63) is 47.5 Å². The zero-order valence-electron chi connectivity index (χ0n) is 22.9. The highest BCUT2D eigenvalue weighted by molar-refractivity contribution is 6.00. The number of carbonyl (C=O) groups is 1. The molecule has 0 saturated heterocycles. The van der Waals surface area contributed by atoms with Gasteiger partial charge < -0.3 is 19.5 Å². The molecular formula is C29H37F3N4O2. The van der Waals surface area contributed by atoms with Crippen molar-refractivity contribution >= 4 is 28.6 Å². The number of fused-ring (bicyclic) bond motifs is 1. The molecule has 9 heteroatoms. The number of hydrogen-bond donors (Lipinski definition) is 1. The van der Waals surface area contributed by atoms with Gasteiger partial charge in [-0.15, -0.1) is 13.2 Å². The number of nitrogens with one attached hydrogen (secondary N) is 1. The van der Waals surface area contributed by atoms with E-state index in [1.165, 1.54) is 12.1 Å². The topological polar surface area (TPSA) is 59.4 Å². The second kappa shape index (κ2) is 10.5. The number of alkyl halides is 3. The van der Waals surface area contributed by atoms with Gasteiger partial charge in [-0.05, 0) is 93.3 Å². The molecule has 1 heterocycles. The second-order valence-electron chi connectivity index (χ2n) is 11.2. The standard InChI is InChI=1S/C29H37F3N4O2/c1-7-35(8-2)26(37)23-13-14-24-25(19(23)4)34-27(36(24)21-15-18(3)16-28(5,6)17-21)33-20-9-11-22(12-10-20)38-29(30,31)32/h9-14,18,21H,7-8,15-17H2,1-6H3,(H,33,34)/t18-,21+/m1/s1. The van der Waals surface area contributed by atoms with E-state index >= 15 is 0 Å². The van der Waals surface area contributed by atoms with Gasteiger partial charge in [-0.25, -0.2) is 4.98 Å². The lowest BCUT2D eigenvalue weighted by molar-refractivity contribution is -0.274. The van der Waals surface area contributed by atoms with Crippen LogP contribution in [0.5, 0.6) is 5.75 Å². The summed E-state index contributed by atoms with van der Waals surface area (Å²) in [5, 5.41) is 3.33. The van der Waals surface area contributed by atoms with Crippen LogP contribution >= 0.6 is 0 Å². The van der Waals surface area contributed by atoms with Gasteiger partial charge in [0, 0.05) is 30.4 Å². The zero-order valence-corrected chi connectivity index (χ0v) is 22.9. The van der Waals surface area contributed by atoms with E-state index in [0.29, 0.717) is 36.2 Å². The SMILES string of the molecule is CCN(CC)C(=O)c1ccc2c(nc(Nc3ccc(OC(F)(F)F)cc3)n2[C@H]2C[C@@H](C)CC(C)(C)C2)c1C. The van der Waals surface area contributed by atoms with Gasteiger partial charge in [-0.2, -0.15) is 0 Å². The van der Waals surface area contributed by atoms with E-state index in [4.69, 9.17) is 4.98 Å². The Morgan fingerprint density at radius 3 is 2.37 bits per heavy atom. The number of imidazole rings is 1. The average molecular weight is 531 g/mol. The van der Waals surface area contributed by atoms with Crippen LogP contribution in [0.1, 0.15) is 75.8 Å². The number of halogens is 3. The van der Waals surface area contributed by atoms with E-state index in [9.17, 15) is 18.0 Å². The molecule has 206 valence electrons. The Hall–Kier alpha value is -3.23. The van der Waals surface area contributed by atoms with Gasteiger partial charge in [-0.1, -0.05) is 20.8 Å². The molecular weight excluding hydrogens is 493 g/mol. The first-order chi connectivity index (χ1) is 17.8. The van der Waals surface area contributed by atoms with Crippen LogP contribution in [-0.2, 0) is 0 Å². The van der Waals surface area contributed by atoms with Gasteiger partial charge in [0.25, 0.3) is 5.91 Å². The predicted octanol–water partition coefficient (Wildman–Crippen LogP) is 7.86.